The molecule has 0 heterocycles. The number of nitrogens with one attached hydrogen (secondary N) is 2. The molecule has 0 aromatic heterocycles. The highest BCUT2D eigenvalue weighted by atomic mass is 19.3. The van der Waals surface area contributed by atoms with Crippen LogP contribution in [0.1, 0.15) is 16.7 Å². The van der Waals surface area contributed by atoms with Gasteiger partial charge in [-0.2, -0.15) is 8.78 Å². The Morgan fingerprint density at radius 2 is 1.62 bits per heavy atom. The van der Waals surface area contributed by atoms with Crippen molar-refractivity contribution in [1.29, 1.82) is 0 Å². The molecule has 0 radical (unpaired) electrons. The van der Waals surface area contributed by atoms with Crippen molar-refractivity contribution in [3.05, 3.63) is 102 Å². The molecule has 8 heteroatoms. The molecule has 0 spiro atoms. The number of hydrogen-bond donors (Lipinski definition) is 3. The summed E-state index contributed by atoms with van der Waals surface area (Å²) in [7, 11) is 1.55. The van der Waals surface area contributed by atoms with E-state index in [4.69, 9.17) is 9.47 Å². The van der Waals surface area contributed by atoms with Crippen molar-refractivity contribution < 1.29 is 28.2 Å². The topological polar surface area (TPSA) is 79.8 Å². The van der Waals surface area contributed by atoms with Gasteiger partial charge in [0.15, 0.2) is 0 Å². The van der Waals surface area contributed by atoms with Gasteiger partial charge in [0.25, 0.3) is 5.92 Å². The van der Waals surface area contributed by atoms with E-state index in [9.17, 15) is 9.90 Å². The summed E-state index contributed by atoms with van der Waals surface area (Å²) in [5.74, 6) is -2.89. The van der Waals surface area contributed by atoms with E-state index in [1.165, 1.54) is 24.3 Å². The number of amides is 1. The Hall–Kier alpha value is -3.49. The third-order valence-electron chi connectivity index (χ3n) is 5.24. The maximum atomic E-state index is 15.4. The van der Waals surface area contributed by atoms with E-state index in [1.54, 1.807) is 49.6 Å². The molecule has 0 aliphatic rings. The van der Waals surface area contributed by atoms with Crippen molar-refractivity contribution in [2.75, 3.05) is 13.7 Å². The first kappa shape index (κ1) is 25.1. The van der Waals surface area contributed by atoms with Crippen molar-refractivity contribution in [3.63, 3.8) is 0 Å². The van der Waals surface area contributed by atoms with Crippen molar-refractivity contribution in [1.82, 2.24) is 10.6 Å². The minimum atomic E-state index is -3.55. The highest BCUT2D eigenvalue weighted by Gasteiger charge is 2.46. The maximum absolute atomic E-state index is 15.4. The molecule has 6 nitrogen and oxygen atoms in total. The summed E-state index contributed by atoms with van der Waals surface area (Å²) in [6.45, 7) is 0.0418. The molecule has 3 aromatic rings. The van der Waals surface area contributed by atoms with Gasteiger partial charge in [-0.3, -0.25) is 0 Å². The highest BCUT2D eigenvalue weighted by molar-refractivity contribution is 5.68. The molecule has 34 heavy (non-hydrogen) atoms. The fraction of sp³-hybridized carbons (Fsp3) is 0.269. The molecule has 0 aliphatic carbocycles. The average Bonchev–Trinajstić information content (AvgIpc) is 2.87. The number of alkyl carbamates (subject to hydrolysis) is 1. The van der Waals surface area contributed by atoms with E-state index in [-0.39, 0.29) is 18.7 Å². The number of carbonyl (C=O) groups excluding carboxylic acids is 1. The van der Waals surface area contributed by atoms with Crippen molar-refractivity contribution in [2.24, 2.45) is 0 Å². The Balaban J connectivity index is 1.67. The fourth-order valence-corrected chi connectivity index (χ4v) is 3.42. The lowest BCUT2D eigenvalue weighted by Gasteiger charge is -2.31. The quantitative estimate of drug-likeness (QED) is 0.391. The number of methoxy groups -OCH3 is 1. The monoisotopic (exact) mass is 470 g/mol. The van der Waals surface area contributed by atoms with Crippen molar-refractivity contribution in [2.45, 2.75) is 31.2 Å². The predicted octanol–water partition coefficient (Wildman–Crippen LogP) is 4.23. The molecule has 3 N–H and O–H groups in total. The molecule has 0 bridgehead atoms. The highest BCUT2D eigenvalue weighted by Crippen LogP contribution is 2.33. The zero-order valence-electron chi connectivity index (χ0n) is 18.8. The van der Waals surface area contributed by atoms with Crippen molar-refractivity contribution >= 4 is 6.09 Å². The molecule has 180 valence electrons. The number of ether oxygens (including phenoxy) is 2. The van der Waals surface area contributed by atoms with Crippen LogP contribution in [-0.4, -0.2) is 37.0 Å². The Morgan fingerprint density at radius 3 is 2.29 bits per heavy atom. The Labute approximate surface area is 197 Å². The zero-order chi connectivity index (χ0) is 24.4. The summed E-state index contributed by atoms with van der Waals surface area (Å²) < 4.78 is 41.0. The van der Waals surface area contributed by atoms with Gasteiger partial charge in [0.1, 0.15) is 18.4 Å². The first-order valence-corrected chi connectivity index (χ1v) is 10.8. The first-order valence-electron chi connectivity index (χ1n) is 10.8. The molecule has 3 aromatic carbocycles. The fourth-order valence-electron chi connectivity index (χ4n) is 3.42. The van der Waals surface area contributed by atoms with Gasteiger partial charge in [0, 0.05) is 18.7 Å². The number of hydrogen-bond acceptors (Lipinski definition) is 5. The predicted molar refractivity (Wildman–Crippen MR) is 125 cm³/mol. The second kappa shape index (κ2) is 12.1. The van der Waals surface area contributed by atoms with E-state index < -0.39 is 24.2 Å². The number of carbonyl (C=O) groups is 1. The third-order valence-corrected chi connectivity index (χ3v) is 5.24. The Kier molecular flexibility index (Phi) is 8.95. The summed E-state index contributed by atoms with van der Waals surface area (Å²) >= 11 is 0. The number of rotatable bonds is 11. The Bertz CT molecular complexity index is 1040. The maximum Gasteiger partial charge on any atom is 0.407 e. The molecule has 0 unspecified atom stereocenters. The molecule has 0 saturated carbocycles. The summed E-state index contributed by atoms with van der Waals surface area (Å²) in [5.41, 5.74) is 1.24. The van der Waals surface area contributed by atoms with Crippen LogP contribution < -0.4 is 15.4 Å². The largest absolute Gasteiger partial charge is 0.497 e. The Morgan fingerprint density at radius 1 is 0.971 bits per heavy atom. The molecule has 0 aliphatic heterocycles. The van der Waals surface area contributed by atoms with Crippen LogP contribution in [0.15, 0.2) is 84.9 Å². The van der Waals surface area contributed by atoms with Crippen LogP contribution in [0.3, 0.4) is 0 Å². The van der Waals surface area contributed by atoms with Crippen LogP contribution in [0.2, 0.25) is 0 Å². The van der Waals surface area contributed by atoms with Gasteiger partial charge in [-0.05, 0) is 23.3 Å². The van der Waals surface area contributed by atoms with Gasteiger partial charge in [-0.15, -0.1) is 0 Å². The van der Waals surface area contributed by atoms with E-state index >= 15 is 8.78 Å². The lowest BCUT2D eigenvalue weighted by molar-refractivity contribution is -0.0825. The zero-order valence-corrected chi connectivity index (χ0v) is 18.8. The third kappa shape index (κ3) is 7.00. The van der Waals surface area contributed by atoms with E-state index in [2.05, 4.69) is 10.6 Å². The second-order valence-electron chi connectivity index (χ2n) is 7.72. The van der Waals surface area contributed by atoms with E-state index in [1.807, 2.05) is 18.2 Å². The summed E-state index contributed by atoms with van der Waals surface area (Å²) in [4.78, 5) is 12.4. The van der Waals surface area contributed by atoms with Crippen LogP contribution in [0.4, 0.5) is 13.6 Å². The lowest BCUT2D eigenvalue weighted by Crippen LogP contribution is -2.55. The SMILES string of the molecule is COc1cccc(CNC[C@@H](O)[C@@H](NC(=O)OCc2ccccc2)C(F)(F)c2ccccc2)c1. The number of aliphatic hydroxyl groups is 1. The molecular formula is C26H28F2N2O4. The number of halogens is 2. The summed E-state index contributed by atoms with van der Waals surface area (Å²) in [5, 5.41) is 15.8. The number of aliphatic hydroxyl groups excluding tert-OH is 1. The smallest absolute Gasteiger partial charge is 0.407 e. The van der Waals surface area contributed by atoms with Crippen molar-refractivity contribution in [3.8, 4) is 5.75 Å². The lowest BCUT2D eigenvalue weighted by atomic mass is 9.96. The standard InChI is InChI=1S/C26H28F2N2O4/c1-33-22-14-8-11-20(15-22)16-29-17-23(31)24(26(27,28)21-12-6-3-7-13-21)30-25(32)34-18-19-9-4-2-5-10-19/h2-15,23-24,29,31H,16-18H2,1H3,(H,30,32)/t23-,24-/m1/s1. The van der Waals surface area contributed by atoms with Crippen LogP contribution >= 0.6 is 0 Å². The first-order chi connectivity index (χ1) is 16.4. The average molecular weight is 471 g/mol. The van der Waals surface area contributed by atoms with Crippen LogP contribution in [0.25, 0.3) is 0 Å². The van der Waals surface area contributed by atoms with Gasteiger partial charge in [-0.25, -0.2) is 4.79 Å². The molecular weight excluding hydrogens is 442 g/mol. The molecule has 1 amide bonds. The molecule has 2 atom stereocenters. The normalized spacial score (nSPS) is 13.1. The summed E-state index contributed by atoms with van der Waals surface area (Å²) in [6, 6.07) is 21.3. The van der Waals surface area contributed by atoms with Gasteiger partial charge in [-0.1, -0.05) is 72.8 Å². The van der Waals surface area contributed by atoms with Gasteiger partial charge in [0.2, 0.25) is 0 Å². The second-order valence-corrected chi connectivity index (χ2v) is 7.72. The number of benzene rings is 3. The van der Waals surface area contributed by atoms with Crippen LogP contribution in [0, 0.1) is 0 Å². The van der Waals surface area contributed by atoms with Gasteiger partial charge < -0.3 is 25.2 Å². The van der Waals surface area contributed by atoms with Crippen LogP contribution in [-0.2, 0) is 23.8 Å². The van der Waals surface area contributed by atoms with Crippen LogP contribution in [0.5, 0.6) is 5.75 Å². The molecule has 0 saturated heterocycles. The number of alkyl halides is 2. The molecule has 0 fully saturated rings. The van der Waals surface area contributed by atoms with Gasteiger partial charge >= 0.3 is 6.09 Å². The van der Waals surface area contributed by atoms with E-state index in [0.29, 0.717) is 17.9 Å². The summed E-state index contributed by atoms with van der Waals surface area (Å²) in [6.07, 6.45) is -2.65. The minimum Gasteiger partial charge on any atom is -0.497 e. The minimum absolute atomic E-state index is 0.0829. The van der Waals surface area contributed by atoms with E-state index in [0.717, 1.165) is 5.56 Å². The van der Waals surface area contributed by atoms with Gasteiger partial charge in [0.05, 0.1) is 13.2 Å². The molecule has 3 rings (SSSR count).